The lowest BCUT2D eigenvalue weighted by atomic mass is 10.0. The fourth-order valence-corrected chi connectivity index (χ4v) is 2.81. The summed E-state index contributed by atoms with van der Waals surface area (Å²) >= 11 is 0. The van der Waals surface area contributed by atoms with Crippen LogP contribution in [0.1, 0.15) is 15.9 Å². The lowest BCUT2D eigenvalue weighted by Gasteiger charge is -2.08. The van der Waals surface area contributed by atoms with E-state index in [4.69, 9.17) is 10.6 Å². The molecule has 0 aliphatic heterocycles. The minimum atomic E-state index is -0.609. The molecule has 4 rings (SSSR count). The normalized spacial score (nSPS) is 11.4. The fourth-order valence-electron chi connectivity index (χ4n) is 2.81. The topological polar surface area (TPSA) is 90.5 Å². The number of oxime groups is 1. The zero-order chi connectivity index (χ0) is 19.3. The first-order valence-corrected chi connectivity index (χ1v) is 8.63. The van der Waals surface area contributed by atoms with Gasteiger partial charge >= 0.3 is 5.97 Å². The standard InChI is InChI=1S/C22H16N4O2/c23-21(16-9-6-12-24-14-16)26-28-22(27)18-13-20(15-7-2-1-3-8-15)25-19-11-5-4-10-17(18)19/h1-14H,(H2,23,26). The van der Waals surface area contributed by atoms with Gasteiger partial charge in [0.2, 0.25) is 0 Å². The summed E-state index contributed by atoms with van der Waals surface area (Å²) < 4.78 is 0. The number of aromatic nitrogens is 2. The average Bonchev–Trinajstić information content (AvgIpc) is 2.77. The quantitative estimate of drug-likeness (QED) is 0.256. The Morgan fingerprint density at radius 1 is 0.964 bits per heavy atom. The molecule has 0 fully saturated rings. The number of pyridine rings is 2. The highest BCUT2D eigenvalue weighted by Gasteiger charge is 2.16. The number of rotatable bonds is 4. The molecular formula is C22H16N4O2. The highest BCUT2D eigenvalue weighted by atomic mass is 16.7. The van der Waals surface area contributed by atoms with Crippen LogP contribution in [0.4, 0.5) is 0 Å². The number of carbonyl (C=O) groups is 1. The average molecular weight is 368 g/mol. The molecule has 0 saturated carbocycles. The Hall–Kier alpha value is -4.06. The van der Waals surface area contributed by atoms with Gasteiger partial charge in [-0.25, -0.2) is 9.78 Å². The Morgan fingerprint density at radius 3 is 2.54 bits per heavy atom. The van der Waals surface area contributed by atoms with Gasteiger partial charge in [-0.1, -0.05) is 53.7 Å². The van der Waals surface area contributed by atoms with E-state index in [1.54, 1.807) is 30.6 Å². The third-order valence-corrected chi connectivity index (χ3v) is 4.19. The third-order valence-electron chi connectivity index (χ3n) is 4.19. The molecule has 0 spiro atoms. The molecule has 0 radical (unpaired) electrons. The number of amidine groups is 1. The molecule has 0 amide bonds. The molecule has 0 atom stereocenters. The van der Waals surface area contributed by atoms with Crippen molar-refractivity contribution in [2.75, 3.05) is 0 Å². The maximum absolute atomic E-state index is 12.7. The highest BCUT2D eigenvalue weighted by Crippen LogP contribution is 2.25. The monoisotopic (exact) mass is 368 g/mol. The van der Waals surface area contributed by atoms with Crippen molar-refractivity contribution in [3.05, 3.63) is 96.3 Å². The van der Waals surface area contributed by atoms with Crippen molar-refractivity contribution in [2.45, 2.75) is 0 Å². The second kappa shape index (κ2) is 7.67. The Bertz CT molecular complexity index is 1160. The van der Waals surface area contributed by atoms with Gasteiger partial charge in [0, 0.05) is 28.9 Å². The molecule has 4 aromatic rings. The SMILES string of the molecule is N/C(=N\OC(=O)c1cc(-c2ccccc2)nc2ccccc12)c1cccnc1. The molecule has 2 heterocycles. The zero-order valence-corrected chi connectivity index (χ0v) is 14.8. The fraction of sp³-hybridized carbons (Fsp3) is 0. The molecular weight excluding hydrogens is 352 g/mol. The molecule has 136 valence electrons. The first kappa shape index (κ1) is 17.4. The van der Waals surface area contributed by atoms with E-state index in [0.717, 1.165) is 5.56 Å². The summed E-state index contributed by atoms with van der Waals surface area (Å²) in [6.07, 6.45) is 3.17. The van der Waals surface area contributed by atoms with Crippen LogP contribution in [0.25, 0.3) is 22.2 Å². The summed E-state index contributed by atoms with van der Waals surface area (Å²) in [6.45, 7) is 0. The summed E-state index contributed by atoms with van der Waals surface area (Å²) in [5.74, 6) is -0.536. The van der Waals surface area contributed by atoms with Crippen molar-refractivity contribution in [2.24, 2.45) is 10.9 Å². The lowest BCUT2D eigenvalue weighted by molar-refractivity contribution is 0.0518. The molecule has 0 bridgehead atoms. The van der Waals surface area contributed by atoms with Crippen LogP contribution in [0.3, 0.4) is 0 Å². The van der Waals surface area contributed by atoms with Gasteiger partial charge in [0.05, 0.1) is 16.8 Å². The minimum absolute atomic E-state index is 0.0723. The number of benzene rings is 2. The van der Waals surface area contributed by atoms with Crippen LogP contribution in [0, 0.1) is 0 Å². The van der Waals surface area contributed by atoms with Gasteiger partial charge in [-0.05, 0) is 24.3 Å². The predicted octanol–water partition coefficient (Wildman–Crippen LogP) is 3.77. The molecule has 0 saturated heterocycles. The Labute approximate surface area is 161 Å². The van der Waals surface area contributed by atoms with E-state index in [-0.39, 0.29) is 5.84 Å². The van der Waals surface area contributed by atoms with Crippen LogP contribution in [0.5, 0.6) is 0 Å². The number of nitrogens with two attached hydrogens (primary N) is 1. The van der Waals surface area contributed by atoms with E-state index < -0.39 is 5.97 Å². The number of carbonyl (C=O) groups excluding carboxylic acids is 1. The Balaban J connectivity index is 1.72. The molecule has 2 aromatic carbocycles. The Kier molecular flexibility index (Phi) is 4.76. The highest BCUT2D eigenvalue weighted by molar-refractivity contribution is 6.05. The minimum Gasteiger partial charge on any atom is -0.380 e. The van der Waals surface area contributed by atoms with Gasteiger partial charge in [0.25, 0.3) is 0 Å². The van der Waals surface area contributed by atoms with Crippen molar-refractivity contribution in [1.82, 2.24) is 9.97 Å². The van der Waals surface area contributed by atoms with Gasteiger partial charge in [-0.3, -0.25) is 4.98 Å². The third kappa shape index (κ3) is 3.57. The molecule has 28 heavy (non-hydrogen) atoms. The first-order chi connectivity index (χ1) is 13.7. The first-order valence-electron chi connectivity index (χ1n) is 8.63. The molecule has 0 aliphatic rings. The van der Waals surface area contributed by atoms with Crippen LogP contribution in [0.2, 0.25) is 0 Å². The van der Waals surface area contributed by atoms with E-state index in [9.17, 15) is 4.79 Å². The number of hydrogen-bond acceptors (Lipinski definition) is 5. The second-order valence-electron chi connectivity index (χ2n) is 6.04. The summed E-state index contributed by atoms with van der Waals surface area (Å²) in [4.78, 5) is 26.5. The van der Waals surface area contributed by atoms with Crippen molar-refractivity contribution in [3.8, 4) is 11.3 Å². The van der Waals surface area contributed by atoms with Crippen molar-refractivity contribution in [3.63, 3.8) is 0 Å². The summed E-state index contributed by atoms with van der Waals surface area (Å²) in [5, 5.41) is 4.45. The van der Waals surface area contributed by atoms with Crippen molar-refractivity contribution >= 4 is 22.7 Å². The largest absolute Gasteiger partial charge is 0.380 e. The van der Waals surface area contributed by atoms with E-state index in [1.165, 1.54) is 0 Å². The van der Waals surface area contributed by atoms with Gasteiger partial charge in [0.1, 0.15) is 0 Å². The summed E-state index contributed by atoms with van der Waals surface area (Å²) in [7, 11) is 0. The van der Waals surface area contributed by atoms with Crippen molar-refractivity contribution in [1.29, 1.82) is 0 Å². The Morgan fingerprint density at radius 2 is 1.75 bits per heavy atom. The van der Waals surface area contributed by atoms with Crippen LogP contribution < -0.4 is 5.73 Å². The molecule has 0 unspecified atom stereocenters. The number of hydrogen-bond donors (Lipinski definition) is 1. The number of fused-ring (bicyclic) bond motifs is 1. The van der Waals surface area contributed by atoms with E-state index in [1.807, 2.05) is 54.6 Å². The van der Waals surface area contributed by atoms with Crippen LogP contribution >= 0.6 is 0 Å². The van der Waals surface area contributed by atoms with E-state index >= 15 is 0 Å². The second-order valence-corrected chi connectivity index (χ2v) is 6.04. The molecule has 2 aromatic heterocycles. The van der Waals surface area contributed by atoms with E-state index in [0.29, 0.717) is 27.7 Å². The lowest BCUT2D eigenvalue weighted by Crippen LogP contribution is -2.15. The summed E-state index contributed by atoms with van der Waals surface area (Å²) in [5.41, 5.74) is 9.09. The zero-order valence-electron chi connectivity index (χ0n) is 14.8. The van der Waals surface area contributed by atoms with Gasteiger partial charge < -0.3 is 10.6 Å². The smallest absolute Gasteiger partial charge is 0.366 e. The summed E-state index contributed by atoms with van der Waals surface area (Å²) in [6, 6.07) is 22.2. The maximum Gasteiger partial charge on any atom is 0.366 e. The predicted molar refractivity (Wildman–Crippen MR) is 108 cm³/mol. The number of para-hydroxylation sites is 1. The van der Waals surface area contributed by atoms with Crippen LogP contribution in [-0.4, -0.2) is 21.8 Å². The van der Waals surface area contributed by atoms with Crippen LogP contribution in [-0.2, 0) is 4.84 Å². The van der Waals surface area contributed by atoms with Crippen molar-refractivity contribution < 1.29 is 9.63 Å². The van der Waals surface area contributed by atoms with E-state index in [2.05, 4.69) is 15.1 Å². The van der Waals surface area contributed by atoms with Gasteiger partial charge in [0.15, 0.2) is 5.84 Å². The molecule has 6 heteroatoms. The maximum atomic E-state index is 12.7. The van der Waals surface area contributed by atoms with Gasteiger partial charge in [-0.15, -0.1) is 0 Å². The molecule has 6 nitrogen and oxygen atoms in total. The molecule has 0 aliphatic carbocycles. The van der Waals surface area contributed by atoms with Gasteiger partial charge in [-0.2, -0.15) is 0 Å². The molecule has 2 N–H and O–H groups in total. The number of nitrogens with zero attached hydrogens (tertiary/aromatic N) is 3. The van der Waals surface area contributed by atoms with Crippen LogP contribution in [0.15, 0.2) is 90.3 Å².